The van der Waals surface area contributed by atoms with Crippen molar-refractivity contribution in [1.82, 2.24) is 4.98 Å². The predicted octanol–water partition coefficient (Wildman–Crippen LogP) is 2.44. The van der Waals surface area contributed by atoms with Crippen molar-refractivity contribution in [2.24, 2.45) is 0 Å². The number of alkyl halides is 3. The van der Waals surface area contributed by atoms with Crippen molar-refractivity contribution in [3.63, 3.8) is 0 Å². The van der Waals surface area contributed by atoms with Gasteiger partial charge in [0.25, 0.3) is 0 Å². The average Bonchev–Trinajstić information content (AvgIpc) is 2.87. The molecule has 3 heterocycles. The summed E-state index contributed by atoms with van der Waals surface area (Å²) in [5.74, 6) is -0.517. The van der Waals surface area contributed by atoms with Gasteiger partial charge >= 0.3 is 6.18 Å². The maximum atomic E-state index is 12.7. The number of nitrogens with zero attached hydrogens (tertiary/aromatic N) is 2. The lowest BCUT2D eigenvalue weighted by atomic mass is 10.0. The van der Waals surface area contributed by atoms with E-state index in [1.165, 1.54) is 6.20 Å². The monoisotopic (exact) mass is 288 g/mol. The van der Waals surface area contributed by atoms with Crippen molar-refractivity contribution in [3.8, 4) is 0 Å². The molecule has 0 saturated carbocycles. The molecule has 7 heteroatoms. The van der Waals surface area contributed by atoms with Crippen LogP contribution in [0.5, 0.6) is 0 Å². The van der Waals surface area contributed by atoms with E-state index in [0.29, 0.717) is 44.8 Å². The lowest BCUT2D eigenvalue weighted by Gasteiger charge is -2.38. The summed E-state index contributed by atoms with van der Waals surface area (Å²) < 4.78 is 49.2. The number of aromatic nitrogens is 1. The van der Waals surface area contributed by atoms with Crippen molar-refractivity contribution in [2.75, 3.05) is 31.2 Å². The molecule has 0 aliphatic carbocycles. The van der Waals surface area contributed by atoms with Crippen LogP contribution in [0.2, 0.25) is 0 Å². The first-order chi connectivity index (χ1) is 9.49. The third-order valence-corrected chi connectivity index (χ3v) is 3.74. The second-order valence-electron chi connectivity index (χ2n) is 4.99. The smallest absolute Gasteiger partial charge is 0.371 e. The van der Waals surface area contributed by atoms with Gasteiger partial charge in [0.1, 0.15) is 5.69 Å². The maximum absolute atomic E-state index is 12.7. The quantitative estimate of drug-likeness (QED) is 0.795. The zero-order valence-electron chi connectivity index (χ0n) is 10.8. The van der Waals surface area contributed by atoms with Crippen LogP contribution in [0.25, 0.3) is 0 Å². The van der Waals surface area contributed by atoms with E-state index in [9.17, 15) is 13.2 Å². The van der Waals surface area contributed by atoms with Crippen LogP contribution in [0.3, 0.4) is 0 Å². The highest BCUT2D eigenvalue weighted by Gasteiger charge is 2.40. The molecule has 0 aromatic carbocycles. The van der Waals surface area contributed by atoms with Crippen molar-refractivity contribution in [2.45, 2.75) is 24.8 Å². The Morgan fingerprint density at radius 1 is 1.15 bits per heavy atom. The fourth-order valence-corrected chi connectivity index (χ4v) is 2.66. The summed E-state index contributed by atoms with van der Waals surface area (Å²) in [6, 6.07) is 2.69. The minimum Gasteiger partial charge on any atom is -0.371 e. The van der Waals surface area contributed by atoms with Crippen LogP contribution in [0.1, 0.15) is 18.5 Å². The number of halogens is 3. The van der Waals surface area contributed by atoms with Crippen molar-refractivity contribution in [1.29, 1.82) is 0 Å². The lowest BCUT2D eigenvalue weighted by Crippen LogP contribution is -2.45. The van der Waals surface area contributed by atoms with E-state index in [1.54, 1.807) is 6.07 Å². The van der Waals surface area contributed by atoms with E-state index >= 15 is 0 Å². The second-order valence-corrected chi connectivity index (χ2v) is 4.99. The molecule has 0 bridgehead atoms. The summed E-state index contributed by atoms with van der Waals surface area (Å²) in [7, 11) is 0. The Balaban J connectivity index is 1.72. The highest BCUT2D eigenvalue weighted by Crippen LogP contribution is 2.34. The molecule has 3 rings (SSSR count). The largest absolute Gasteiger partial charge is 0.433 e. The number of rotatable bonds is 1. The number of pyridine rings is 1. The Labute approximate surface area is 114 Å². The highest BCUT2D eigenvalue weighted by molar-refractivity contribution is 5.47. The Kier molecular flexibility index (Phi) is 3.33. The number of anilines is 1. The van der Waals surface area contributed by atoms with E-state index < -0.39 is 17.7 Å². The Morgan fingerprint density at radius 2 is 1.80 bits per heavy atom. The van der Waals surface area contributed by atoms with Gasteiger partial charge in [-0.2, -0.15) is 13.2 Å². The summed E-state index contributed by atoms with van der Waals surface area (Å²) in [6.45, 7) is 2.41. The van der Waals surface area contributed by atoms with Gasteiger partial charge in [0.05, 0.1) is 13.2 Å². The number of ether oxygens (including phenoxy) is 2. The number of piperidine rings is 1. The van der Waals surface area contributed by atoms with Gasteiger partial charge in [0.15, 0.2) is 5.79 Å². The van der Waals surface area contributed by atoms with Crippen molar-refractivity contribution >= 4 is 5.69 Å². The Morgan fingerprint density at radius 3 is 2.40 bits per heavy atom. The van der Waals surface area contributed by atoms with Gasteiger partial charge in [-0.25, -0.2) is 0 Å². The zero-order valence-corrected chi connectivity index (χ0v) is 10.8. The van der Waals surface area contributed by atoms with Crippen LogP contribution >= 0.6 is 0 Å². The maximum Gasteiger partial charge on any atom is 0.433 e. The molecule has 2 aliphatic heterocycles. The molecule has 2 saturated heterocycles. The lowest BCUT2D eigenvalue weighted by molar-refractivity contribution is -0.169. The summed E-state index contributed by atoms with van der Waals surface area (Å²) in [6.07, 6.45) is -1.89. The SMILES string of the molecule is FC(F)(F)c1cc(N2CCC3(CC2)OCCO3)ccn1. The molecule has 4 nitrogen and oxygen atoms in total. The highest BCUT2D eigenvalue weighted by atomic mass is 19.4. The molecule has 2 fully saturated rings. The molecule has 110 valence electrons. The first-order valence-electron chi connectivity index (χ1n) is 6.55. The van der Waals surface area contributed by atoms with Gasteiger partial charge in [-0.1, -0.05) is 0 Å². The number of hydrogen-bond donors (Lipinski definition) is 0. The minimum absolute atomic E-state index is 0.517. The molecule has 0 amide bonds. The summed E-state index contributed by atoms with van der Waals surface area (Å²) in [5, 5.41) is 0. The molecule has 1 aromatic heterocycles. The van der Waals surface area contributed by atoms with E-state index in [0.717, 1.165) is 6.07 Å². The normalized spacial score (nSPS) is 22.4. The predicted molar refractivity (Wildman–Crippen MR) is 65.3 cm³/mol. The topological polar surface area (TPSA) is 34.6 Å². The molecule has 2 aliphatic rings. The van der Waals surface area contributed by atoms with E-state index in [2.05, 4.69) is 4.98 Å². The van der Waals surface area contributed by atoms with Gasteiger partial charge in [-0.3, -0.25) is 4.98 Å². The molecule has 0 radical (unpaired) electrons. The van der Waals surface area contributed by atoms with Crippen molar-refractivity contribution in [3.05, 3.63) is 24.0 Å². The van der Waals surface area contributed by atoms with Gasteiger partial charge in [-0.05, 0) is 12.1 Å². The average molecular weight is 288 g/mol. The molecule has 0 unspecified atom stereocenters. The third-order valence-electron chi connectivity index (χ3n) is 3.74. The summed E-state index contributed by atoms with van der Waals surface area (Å²) >= 11 is 0. The molecule has 1 spiro atoms. The first kappa shape index (κ1) is 13.6. The molecular weight excluding hydrogens is 273 g/mol. The number of hydrogen-bond acceptors (Lipinski definition) is 4. The van der Waals surface area contributed by atoms with E-state index in [1.807, 2.05) is 4.90 Å². The van der Waals surface area contributed by atoms with E-state index in [-0.39, 0.29) is 0 Å². The minimum atomic E-state index is -4.41. The summed E-state index contributed by atoms with van der Waals surface area (Å²) in [4.78, 5) is 5.29. The molecule has 0 N–H and O–H groups in total. The van der Waals surface area contributed by atoms with Gasteiger partial charge < -0.3 is 14.4 Å². The fraction of sp³-hybridized carbons (Fsp3) is 0.615. The first-order valence-corrected chi connectivity index (χ1v) is 6.55. The van der Waals surface area contributed by atoms with Crippen LogP contribution in [0.4, 0.5) is 18.9 Å². The van der Waals surface area contributed by atoms with E-state index in [4.69, 9.17) is 9.47 Å². The van der Waals surface area contributed by atoms with Gasteiger partial charge in [-0.15, -0.1) is 0 Å². The van der Waals surface area contributed by atoms with Crippen LogP contribution < -0.4 is 4.90 Å². The van der Waals surface area contributed by atoms with Crippen LogP contribution in [0.15, 0.2) is 18.3 Å². The third kappa shape index (κ3) is 2.60. The van der Waals surface area contributed by atoms with Gasteiger partial charge in [0, 0.05) is 37.8 Å². The van der Waals surface area contributed by atoms with Crippen molar-refractivity contribution < 1.29 is 22.6 Å². The van der Waals surface area contributed by atoms with Crippen LogP contribution in [0, 0.1) is 0 Å². The fourth-order valence-electron chi connectivity index (χ4n) is 2.66. The molecule has 1 aromatic rings. The van der Waals surface area contributed by atoms with Crippen LogP contribution in [-0.4, -0.2) is 37.1 Å². The molecular formula is C13H15F3N2O2. The van der Waals surface area contributed by atoms with Gasteiger partial charge in [0.2, 0.25) is 0 Å². The standard InChI is InChI=1S/C13H15F3N2O2/c14-13(15,16)11-9-10(1-4-17-11)18-5-2-12(3-6-18)19-7-8-20-12/h1,4,9H,2-3,5-8H2. The summed E-state index contributed by atoms with van der Waals surface area (Å²) in [5.41, 5.74) is -0.316. The van der Waals surface area contributed by atoms with Crippen LogP contribution in [-0.2, 0) is 15.7 Å². The molecule has 0 atom stereocenters. The Bertz CT molecular complexity index is 477. The second kappa shape index (κ2) is 4.89. The molecule has 20 heavy (non-hydrogen) atoms. The Hall–Kier alpha value is -1.34. The zero-order chi connectivity index (χ0) is 14.2.